The number of alkyl halides is 2. The number of anilines is 3. The number of hydrogen-bond donors (Lipinski definition) is 3. The van der Waals surface area contributed by atoms with Gasteiger partial charge in [-0.3, -0.25) is 14.7 Å². The first-order valence-corrected chi connectivity index (χ1v) is 8.45. The SMILES string of the molecule is CC(=O)Nc1cc(Nc2cc(C)nc(C(C)(F)F)n2)c(-c2cc(C=O)[nH]n2)cn1. The highest BCUT2D eigenvalue weighted by Gasteiger charge is 2.29. The van der Waals surface area contributed by atoms with Crippen LogP contribution in [0.5, 0.6) is 0 Å². The number of aryl methyl sites for hydroxylation is 1. The summed E-state index contributed by atoms with van der Waals surface area (Å²) < 4.78 is 27.4. The number of aromatic nitrogens is 5. The van der Waals surface area contributed by atoms with Gasteiger partial charge in [0.2, 0.25) is 11.7 Å². The van der Waals surface area contributed by atoms with Crippen LogP contribution in [0.4, 0.5) is 26.1 Å². The lowest BCUT2D eigenvalue weighted by Gasteiger charge is -2.15. The molecular weight excluding hydrogens is 384 g/mol. The zero-order chi connectivity index (χ0) is 21.2. The van der Waals surface area contributed by atoms with Gasteiger partial charge < -0.3 is 10.6 Å². The summed E-state index contributed by atoms with van der Waals surface area (Å²) in [5.41, 5.74) is 1.84. The maximum Gasteiger partial charge on any atom is 0.303 e. The van der Waals surface area contributed by atoms with Gasteiger partial charge in [-0.1, -0.05) is 0 Å². The Morgan fingerprint density at radius 2 is 1.97 bits per heavy atom. The Hall–Kier alpha value is -3.76. The van der Waals surface area contributed by atoms with Crippen LogP contribution in [-0.4, -0.2) is 37.3 Å². The Balaban J connectivity index is 2.07. The van der Waals surface area contributed by atoms with E-state index in [1.165, 1.54) is 31.3 Å². The number of carbonyl (C=O) groups is 2. The van der Waals surface area contributed by atoms with Crippen LogP contribution in [0.2, 0.25) is 0 Å². The third-order valence-electron chi connectivity index (χ3n) is 3.72. The number of nitrogens with zero attached hydrogens (tertiary/aromatic N) is 4. The first-order chi connectivity index (χ1) is 13.7. The third kappa shape index (κ3) is 4.75. The molecule has 0 aliphatic heterocycles. The number of nitrogens with one attached hydrogen (secondary N) is 3. The molecule has 3 heterocycles. The zero-order valence-electron chi connectivity index (χ0n) is 15.7. The number of H-pyrrole nitrogens is 1. The number of hydrogen-bond acceptors (Lipinski definition) is 7. The second-order valence-corrected chi connectivity index (χ2v) is 6.35. The van der Waals surface area contributed by atoms with E-state index in [2.05, 4.69) is 35.8 Å². The van der Waals surface area contributed by atoms with Gasteiger partial charge in [-0.15, -0.1) is 0 Å². The molecule has 0 saturated carbocycles. The summed E-state index contributed by atoms with van der Waals surface area (Å²) in [6.45, 7) is 3.61. The lowest BCUT2D eigenvalue weighted by molar-refractivity contribution is -0.114. The second kappa shape index (κ2) is 7.70. The van der Waals surface area contributed by atoms with Crippen molar-refractivity contribution < 1.29 is 18.4 Å². The Bertz CT molecular complexity index is 1080. The van der Waals surface area contributed by atoms with Gasteiger partial charge in [0.15, 0.2) is 6.29 Å². The molecule has 0 unspecified atom stereocenters. The Morgan fingerprint density at radius 3 is 2.59 bits per heavy atom. The fourth-order valence-electron chi connectivity index (χ4n) is 2.51. The van der Waals surface area contributed by atoms with Crippen molar-refractivity contribution in [2.75, 3.05) is 10.6 Å². The maximum atomic E-state index is 13.7. The van der Waals surface area contributed by atoms with E-state index in [4.69, 9.17) is 0 Å². The van der Waals surface area contributed by atoms with Crippen molar-refractivity contribution >= 4 is 29.5 Å². The molecule has 0 fully saturated rings. The first-order valence-electron chi connectivity index (χ1n) is 8.45. The van der Waals surface area contributed by atoms with Crippen molar-refractivity contribution in [2.24, 2.45) is 0 Å². The molecule has 0 spiro atoms. The number of aromatic amines is 1. The van der Waals surface area contributed by atoms with E-state index in [1.54, 1.807) is 6.92 Å². The molecule has 3 aromatic heterocycles. The minimum atomic E-state index is -3.22. The molecule has 0 aromatic carbocycles. The molecule has 0 atom stereocenters. The van der Waals surface area contributed by atoms with Crippen LogP contribution in [-0.2, 0) is 10.7 Å². The highest BCUT2D eigenvalue weighted by molar-refractivity contribution is 5.90. The molecule has 0 bridgehead atoms. The van der Waals surface area contributed by atoms with Gasteiger partial charge in [0.1, 0.15) is 11.6 Å². The van der Waals surface area contributed by atoms with E-state index in [0.29, 0.717) is 35.8 Å². The monoisotopic (exact) mass is 401 g/mol. The summed E-state index contributed by atoms with van der Waals surface area (Å²) in [6.07, 6.45) is 2.04. The molecular formula is C18H17F2N7O2. The van der Waals surface area contributed by atoms with Crippen LogP contribution in [0.1, 0.15) is 35.9 Å². The van der Waals surface area contributed by atoms with E-state index >= 15 is 0 Å². The third-order valence-corrected chi connectivity index (χ3v) is 3.72. The smallest absolute Gasteiger partial charge is 0.303 e. The summed E-state index contributed by atoms with van der Waals surface area (Å²) in [6, 6.07) is 4.51. The molecule has 1 amide bonds. The Labute approximate surface area is 164 Å². The Kier molecular flexibility index (Phi) is 5.31. The largest absolute Gasteiger partial charge is 0.339 e. The van der Waals surface area contributed by atoms with Crippen LogP contribution in [0.3, 0.4) is 0 Å². The van der Waals surface area contributed by atoms with Crippen LogP contribution >= 0.6 is 0 Å². The molecule has 0 aliphatic carbocycles. The lowest BCUT2D eigenvalue weighted by atomic mass is 10.1. The quantitative estimate of drug-likeness (QED) is 0.542. The average molecular weight is 401 g/mol. The second-order valence-electron chi connectivity index (χ2n) is 6.35. The highest BCUT2D eigenvalue weighted by atomic mass is 19.3. The van der Waals surface area contributed by atoms with Crippen molar-refractivity contribution in [1.82, 2.24) is 25.1 Å². The molecule has 0 aliphatic rings. The van der Waals surface area contributed by atoms with Crippen molar-refractivity contribution in [3.63, 3.8) is 0 Å². The van der Waals surface area contributed by atoms with E-state index in [-0.39, 0.29) is 23.2 Å². The van der Waals surface area contributed by atoms with Crippen molar-refractivity contribution in [1.29, 1.82) is 0 Å². The standard InChI is InChI=1S/C18H17F2N7O2/c1-9-4-16(25-17(22-9)18(3,19)20)24-13-6-15(23-10(2)29)21-7-12(13)14-5-11(8-28)26-27-14/h4-8H,1-3H3,(H,26,27)(H2,21,22,23,24,25,29). The molecule has 0 saturated heterocycles. The van der Waals surface area contributed by atoms with Gasteiger partial charge in [-0.25, -0.2) is 15.0 Å². The lowest BCUT2D eigenvalue weighted by Crippen LogP contribution is -2.14. The van der Waals surface area contributed by atoms with Gasteiger partial charge in [-0.2, -0.15) is 13.9 Å². The number of aldehydes is 1. The zero-order valence-corrected chi connectivity index (χ0v) is 15.7. The van der Waals surface area contributed by atoms with E-state index in [0.717, 1.165) is 0 Å². The number of pyridine rings is 1. The number of carbonyl (C=O) groups excluding carboxylic acids is 2. The molecule has 3 N–H and O–H groups in total. The van der Waals surface area contributed by atoms with Crippen molar-refractivity contribution in [3.05, 3.63) is 41.6 Å². The predicted molar refractivity (Wildman–Crippen MR) is 101 cm³/mol. The molecule has 3 rings (SSSR count). The average Bonchev–Trinajstić information content (AvgIpc) is 3.09. The van der Waals surface area contributed by atoms with Gasteiger partial charge in [0.05, 0.1) is 17.1 Å². The van der Waals surface area contributed by atoms with Crippen molar-refractivity contribution in [3.8, 4) is 11.3 Å². The van der Waals surface area contributed by atoms with Crippen LogP contribution in [0.25, 0.3) is 11.3 Å². The number of amides is 1. The number of halogens is 2. The molecule has 150 valence electrons. The van der Waals surface area contributed by atoms with E-state index in [9.17, 15) is 18.4 Å². The van der Waals surface area contributed by atoms with Crippen LogP contribution < -0.4 is 10.6 Å². The maximum absolute atomic E-state index is 13.7. The normalized spacial score (nSPS) is 11.2. The predicted octanol–water partition coefficient (Wildman–Crippen LogP) is 3.20. The molecule has 0 radical (unpaired) electrons. The molecule has 9 nitrogen and oxygen atoms in total. The summed E-state index contributed by atoms with van der Waals surface area (Å²) in [5, 5.41) is 12.1. The van der Waals surface area contributed by atoms with E-state index < -0.39 is 11.7 Å². The molecule has 11 heteroatoms. The van der Waals surface area contributed by atoms with Gasteiger partial charge >= 0.3 is 5.92 Å². The topological polar surface area (TPSA) is 126 Å². The molecule has 3 aromatic rings. The van der Waals surface area contributed by atoms with Crippen LogP contribution in [0, 0.1) is 6.92 Å². The summed E-state index contributed by atoms with van der Waals surface area (Å²) in [4.78, 5) is 34.1. The molecule has 29 heavy (non-hydrogen) atoms. The minimum absolute atomic E-state index is 0.126. The van der Waals surface area contributed by atoms with Crippen molar-refractivity contribution in [2.45, 2.75) is 26.7 Å². The Morgan fingerprint density at radius 1 is 1.21 bits per heavy atom. The van der Waals surface area contributed by atoms with E-state index in [1.807, 2.05) is 0 Å². The van der Waals surface area contributed by atoms with Gasteiger partial charge in [0, 0.05) is 43.4 Å². The fourth-order valence-corrected chi connectivity index (χ4v) is 2.51. The first kappa shape index (κ1) is 20.0. The minimum Gasteiger partial charge on any atom is -0.339 e. The number of rotatable bonds is 6. The summed E-state index contributed by atoms with van der Waals surface area (Å²) in [7, 11) is 0. The van der Waals surface area contributed by atoms with Crippen LogP contribution in [0.15, 0.2) is 24.4 Å². The summed E-state index contributed by atoms with van der Waals surface area (Å²) in [5.74, 6) is -3.81. The van der Waals surface area contributed by atoms with Gasteiger partial charge in [-0.05, 0) is 13.0 Å². The highest BCUT2D eigenvalue weighted by Crippen LogP contribution is 2.31. The fraction of sp³-hybridized carbons (Fsp3) is 0.222. The van der Waals surface area contributed by atoms with Gasteiger partial charge in [0.25, 0.3) is 0 Å². The summed E-state index contributed by atoms with van der Waals surface area (Å²) >= 11 is 0.